The van der Waals surface area contributed by atoms with E-state index in [0.29, 0.717) is 13.2 Å². The van der Waals surface area contributed by atoms with Crippen LogP contribution in [0.4, 0.5) is 4.39 Å². The lowest BCUT2D eigenvalue weighted by atomic mass is 10.1. The maximum atomic E-state index is 13.0. The maximum absolute atomic E-state index is 13.0. The molecular weight excluding hydrogens is 365 g/mol. The van der Waals surface area contributed by atoms with Crippen molar-refractivity contribution in [3.63, 3.8) is 0 Å². The zero-order chi connectivity index (χ0) is 20.5. The quantitative estimate of drug-likeness (QED) is 0.465. The molecule has 0 aliphatic heterocycles. The molecule has 3 rings (SSSR count). The Labute approximate surface area is 172 Å². The summed E-state index contributed by atoms with van der Waals surface area (Å²) in [6.45, 7) is 6.70. The first-order chi connectivity index (χ1) is 14.1. The number of aryl methyl sites for hydroxylation is 1. The van der Waals surface area contributed by atoms with Crippen molar-refractivity contribution < 1.29 is 13.9 Å². The van der Waals surface area contributed by atoms with Crippen LogP contribution < -0.4 is 14.8 Å². The molecule has 4 heteroatoms. The van der Waals surface area contributed by atoms with Gasteiger partial charge in [0.1, 0.15) is 12.4 Å². The summed E-state index contributed by atoms with van der Waals surface area (Å²) in [6.07, 6.45) is 0.857. The molecule has 0 aliphatic carbocycles. The summed E-state index contributed by atoms with van der Waals surface area (Å²) in [7, 11) is 0. The molecule has 0 amide bonds. The fourth-order valence-corrected chi connectivity index (χ4v) is 3.13. The van der Waals surface area contributed by atoms with Gasteiger partial charge < -0.3 is 14.8 Å². The lowest BCUT2D eigenvalue weighted by molar-refractivity contribution is 0.269. The molecule has 0 bridgehead atoms. The number of halogens is 1. The van der Waals surface area contributed by atoms with Crippen LogP contribution in [0.3, 0.4) is 0 Å². The number of ether oxygens (including phenoxy) is 2. The van der Waals surface area contributed by atoms with Crippen molar-refractivity contribution in [2.24, 2.45) is 0 Å². The van der Waals surface area contributed by atoms with Gasteiger partial charge in [0.2, 0.25) is 0 Å². The molecule has 152 valence electrons. The highest BCUT2D eigenvalue weighted by atomic mass is 19.1. The molecule has 3 aromatic rings. The number of benzene rings is 3. The monoisotopic (exact) mass is 393 g/mol. The second kappa shape index (κ2) is 10.6. The van der Waals surface area contributed by atoms with Crippen molar-refractivity contribution in [1.29, 1.82) is 0 Å². The zero-order valence-corrected chi connectivity index (χ0v) is 17.1. The van der Waals surface area contributed by atoms with Gasteiger partial charge >= 0.3 is 0 Å². The van der Waals surface area contributed by atoms with Crippen molar-refractivity contribution in [3.8, 4) is 11.5 Å². The highest BCUT2D eigenvalue weighted by Gasteiger charge is 2.07. The molecule has 0 fully saturated rings. The van der Waals surface area contributed by atoms with Gasteiger partial charge in [-0.2, -0.15) is 0 Å². The van der Waals surface area contributed by atoms with Crippen LogP contribution in [0.2, 0.25) is 0 Å². The summed E-state index contributed by atoms with van der Waals surface area (Å²) in [6, 6.07) is 21.0. The van der Waals surface area contributed by atoms with Crippen LogP contribution in [0.1, 0.15) is 29.2 Å². The smallest absolute Gasteiger partial charge is 0.161 e. The number of rotatable bonds is 10. The Morgan fingerprint density at radius 2 is 1.62 bits per heavy atom. The van der Waals surface area contributed by atoms with E-state index >= 15 is 0 Å². The van der Waals surface area contributed by atoms with E-state index in [0.717, 1.165) is 47.7 Å². The highest BCUT2D eigenvalue weighted by Crippen LogP contribution is 2.29. The summed E-state index contributed by atoms with van der Waals surface area (Å²) in [5.41, 5.74) is 4.61. The summed E-state index contributed by atoms with van der Waals surface area (Å²) in [5, 5.41) is 3.43. The second-order valence-electron chi connectivity index (χ2n) is 7.05. The minimum Gasteiger partial charge on any atom is -0.490 e. The highest BCUT2D eigenvalue weighted by molar-refractivity contribution is 5.43. The van der Waals surface area contributed by atoms with Gasteiger partial charge in [-0.3, -0.25) is 0 Å². The van der Waals surface area contributed by atoms with Crippen LogP contribution in [0.15, 0.2) is 66.7 Å². The van der Waals surface area contributed by atoms with Crippen LogP contribution in [0, 0.1) is 12.7 Å². The molecule has 0 heterocycles. The average Bonchev–Trinajstić information content (AvgIpc) is 2.72. The first kappa shape index (κ1) is 20.9. The molecule has 0 aliphatic rings. The van der Waals surface area contributed by atoms with E-state index in [-0.39, 0.29) is 5.82 Å². The van der Waals surface area contributed by atoms with Gasteiger partial charge in [-0.05, 0) is 67.8 Å². The molecule has 29 heavy (non-hydrogen) atoms. The molecule has 0 saturated heterocycles. The molecule has 3 aromatic carbocycles. The minimum absolute atomic E-state index is 0.199. The molecule has 0 unspecified atom stereocenters. The summed E-state index contributed by atoms with van der Waals surface area (Å²) in [5.74, 6) is 1.32. The molecule has 3 nitrogen and oxygen atoms in total. The Morgan fingerprint density at radius 3 is 2.38 bits per heavy atom. The summed E-state index contributed by atoms with van der Waals surface area (Å²) < 4.78 is 24.8. The van der Waals surface area contributed by atoms with Crippen LogP contribution in [0.5, 0.6) is 11.5 Å². The third-order valence-electron chi connectivity index (χ3n) is 4.62. The maximum Gasteiger partial charge on any atom is 0.161 e. The van der Waals surface area contributed by atoms with Gasteiger partial charge in [0, 0.05) is 6.54 Å². The van der Waals surface area contributed by atoms with Gasteiger partial charge in [0.15, 0.2) is 11.5 Å². The van der Waals surface area contributed by atoms with Crippen LogP contribution in [-0.4, -0.2) is 13.2 Å². The number of hydrogen-bond acceptors (Lipinski definition) is 3. The van der Waals surface area contributed by atoms with Crippen molar-refractivity contribution in [1.82, 2.24) is 5.32 Å². The third kappa shape index (κ3) is 6.61. The van der Waals surface area contributed by atoms with Crippen molar-refractivity contribution >= 4 is 0 Å². The molecule has 0 atom stereocenters. The fraction of sp³-hybridized carbons (Fsp3) is 0.280. The minimum atomic E-state index is -0.199. The molecular formula is C25H28FNO2. The third-order valence-corrected chi connectivity index (χ3v) is 4.62. The topological polar surface area (TPSA) is 30.5 Å². The first-order valence-corrected chi connectivity index (χ1v) is 10.0. The summed E-state index contributed by atoms with van der Waals surface area (Å²) in [4.78, 5) is 0. The van der Waals surface area contributed by atoms with E-state index < -0.39 is 0 Å². The van der Waals surface area contributed by atoms with Gasteiger partial charge in [-0.1, -0.05) is 48.0 Å². The van der Waals surface area contributed by atoms with Gasteiger partial charge in [-0.25, -0.2) is 4.39 Å². The number of hydrogen-bond donors (Lipinski definition) is 1. The average molecular weight is 394 g/mol. The molecule has 0 spiro atoms. The van der Waals surface area contributed by atoms with E-state index in [1.54, 1.807) is 0 Å². The lowest BCUT2D eigenvalue weighted by Crippen LogP contribution is -2.16. The Hall–Kier alpha value is -2.85. The normalized spacial score (nSPS) is 10.7. The van der Waals surface area contributed by atoms with Crippen LogP contribution in [-0.2, 0) is 19.6 Å². The van der Waals surface area contributed by atoms with Crippen molar-refractivity contribution in [3.05, 3.63) is 94.8 Å². The van der Waals surface area contributed by atoms with E-state index in [2.05, 4.69) is 36.5 Å². The van der Waals surface area contributed by atoms with Gasteiger partial charge in [0.05, 0.1) is 6.61 Å². The lowest BCUT2D eigenvalue weighted by Gasteiger charge is -2.14. The van der Waals surface area contributed by atoms with E-state index in [9.17, 15) is 4.39 Å². The standard InChI is InChI=1S/C25H28FNO2/c1-3-28-25-16-21(17-27-14-13-20-7-10-23(26)11-8-20)9-12-24(25)29-18-22-6-4-5-19(2)15-22/h4-12,15-16,27H,3,13-14,17-18H2,1-2H3. The Morgan fingerprint density at radius 1 is 0.828 bits per heavy atom. The van der Waals surface area contributed by atoms with Crippen LogP contribution >= 0.6 is 0 Å². The molecule has 0 aromatic heterocycles. The Kier molecular flexibility index (Phi) is 7.65. The van der Waals surface area contributed by atoms with Crippen LogP contribution in [0.25, 0.3) is 0 Å². The van der Waals surface area contributed by atoms with Gasteiger partial charge in [0.25, 0.3) is 0 Å². The summed E-state index contributed by atoms with van der Waals surface area (Å²) >= 11 is 0. The Balaban J connectivity index is 1.54. The van der Waals surface area contributed by atoms with E-state index in [1.807, 2.05) is 37.3 Å². The fourth-order valence-electron chi connectivity index (χ4n) is 3.13. The second-order valence-corrected chi connectivity index (χ2v) is 7.05. The predicted molar refractivity (Wildman–Crippen MR) is 115 cm³/mol. The molecule has 0 radical (unpaired) electrons. The SMILES string of the molecule is CCOc1cc(CNCCc2ccc(F)cc2)ccc1OCc1cccc(C)c1. The predicted octanol–water partition coefficient (Wildman–Crippen LogP) is 5.44. The zero-order valence-electron chi connectivity index (χ0n) is 17.1. The number of nitrogens with one attached hydrogen (secondary N) is 1. The largest absolute Gasteiger partial charge is 0.490 e. The molecule has 1 N–H and O–H groups in total. The first-order valence-electron chi connectivity index (χ1n) is 10.0. The Bertz CT molecular complexity index is 909. The van der Waals surface area contributed by atoms with Gasteiger partial charge in [-0.15, -0.1) is 0 Å². The van der Waals surface area contributed by atoms with Crippen molar-refractivity contribution in [2.75, 3.05) is 13.2 Å². The van der Waals surface area contributed by atoms with E-state index in [4.69, 9.17) is 9.47 Å². The molecule has 0 saturated carbocycles. The van der Waals surface area contributed by atoms with E-state index in [1.165, 1.54) is 17.7 Å². The van der Waals surface area contributed by atoms with Crippen molar-refractivity contribution in [2.45, 2.75) is 33.4 Å².